The monoisotopic (exact) mass is 353 g/mol. The summed E-state index contributed by atoms with van der Waals surface area (Å²) in [5.41, 5.74) is 4.69. The van der Waals surface area contributed by atoms with Gasteiger partial charge in [-0.2, -0.15) is 5.10 Å². The van der Waals surface area contributed by atoms with Crippen molar-refractivity contribution in [1.29, 1.82) is 0 Å². The van der Waals surface area contributed by atoms with Gasteiger partial charge in [0.15, 0.2) is 17.1 Å². The molecule has 0 unspecified atom stereocenters. The number of hydrogen-bond donors (Lipinski definition) is 0. The normalized spacial score (nSPS) is 10.9. The molecule has 0 saturated heterocycles. The first-order chi connectivity index (χ1) is 12.5. The lowest BCUT2D eigenvalue weighted by atomic mass is 10.1. The van der Waals surface area contributed by atoms with Crippen LogP contribution in [0.25, 0.3) is 5.65 Å². The molecule has 26 heavy (non-hydrogen) atoms. The zero-order valence-electron chi connectivity index (χ0n) is 15.6. The van der Waals surface area contributed by atoms with E-state index in [1.165, 1.54) is 0 Å². The number of benzene rings is 1. The minimum Gasteiger partial charge on any atom is -0.490 e. The molecule has 0 spiro atoms. The number of carbonyl (C=O) groups is 1. The van der Waals surface area contributed by atoms with Gasteiger partial charge in [-0.05, 0) is 51.8 Å². The van der Waals surface area contributed by atoms with Crippen LogP contribution in [0.1, 0.15) is 36.0 Å². The summed E-state index contributed by atoms with van der Waals surface area (Å²) in [4.78, 5) is 16.9. The fourth-order valence-corrected chi connectivity index (χ4v) is 3.01. The molecule has 6 nitrogen and oxygen atoms in total. The van der Waals surface area contributed by atoms with Crippen molar-refractivity contribution in [3.05, 3.63) is 53.0 Å². The largest absolute Gasteiger partial charge is 0.490 e. The van der Waals surface area contributed by atoms with Crippen molar-refractivity contribution in [3.63, 3.8) is 0 Å². The van der Waals surface area contributed by atoms with Crippen molar-refractivity contribution in [2.45, 2.75) is 40.5 Å². The van der Waals surface area contributed by atoms with Gasteiger partial charge in [-0.3, -0.25) is 4.79 Å². The molecule has 136 valence electrons. The van der Waals surface area contributed by atoms with Gasteiger partial charge in [0, 0.05) is 17.5 Å². The molecule has 0 aliphatic rings. The molecule has 0 aliphatic heterocycles. The third-order valence-electron chi connectivity index (χ3n) is 4.24. The summed E-state index contributed by atoms with van der Waals surface area (Å²) in [6, 6.07) is 9.14. The van der Waals surface area contributed by atoms with E-state index in [0.717, 1.165) is 28.3 Å². The van der Waals surface area contributed by atoms with E-state index in [1.807, 2.05) is 50.4 Å². The number of rotatable bonds is 6. The highest BCUT2D eigenvalue weighted by molar-refractivity contribution is 5.73. The lowest BCUT2D eigenvalue weighted by Gasteiger charge is -2.12. The van der Waals surface area contributed by atoms with Gasteiger partial charge in [-0.1, -0.05) is 12.1 Å². The van der Waals surface area contributed by atoms with Gasteiger partial charge < -0.3 is 9.47 Å². The number of fused-ring (bicyclic) bond motifs is 1. The summed E-state index contributed by atoms with van der Waals surface area (Å²) in [5, 5.41) is 4.46. The fourth-order valence-electron chi connectivity index (χ4n) is 3.01. The predicted molar refractivity (Wildman–Crippen MR) is 98.8 cm³/mol. The minimum absolute atomic E-state index is 0.260. The Morgan fingerprint density at radius 3 is 2.62 bits per heavy atom. The topological polar surface area (TPSA) is 65.7 Å². The first-order valence-electron chi connectivity index (χ1n) is 8.74. The third-order valence-corrected chi connectivity index (χ3v) is 4.24. The summed E-state index contributed by atoms with van der Waals surface area (Å²) in [5.74, 6) is 0.725. The maximum absolute atomic E-state index is 12.3. The fraction of sp³-hybridized carbons (Fsp3) is 0.350. The summed E-state index contributed by atoms with van der Waals surface area (Å²) in [6.07, 6.45) is 0.810. The Labute approximate surface area is 152 Å². The number of ether oxygens (including phenoxy) is 2. The molecular weight excluding hydrogens is 330 g/mol. The van der Waals surface area contributed by atoms with Crippen molar-refractivity contribution in [2.75, 3.05) is 6.61 Å². The summed E-state index contributed by atoms with van der Waals surface area (Å²) >= 11 is 0. The minimum atomic E-state index is -0.298. The molecular formula is C20H23N3O3. The molecule has 0 bridgehead atoms. The van der Waals surface area contributed by atoms with Crippen molar-refractivity contribution in [2.24, 2.45) is 0 Å². The SMILES string of the molecule is CCOc1ccccc1OC(=O)CCc1c(C)nc2cc(C)nn2c1C. The van der Waals surface area contributed by atoms with E-state index in [1.54, 1.807) is 12.1 Å². The number of esters is 1. The van der Waals surface area contributed by atoms with Gasteiger partial charge in [-0.15, -0.1) is 0 Å². The summed E-state index contributed by atoms with van der Waals surface area (Å²) in [6.45, 7) is 8.31. The van der Waals surface area contributed by atoms with Gasteiger partial charge in [0.1, 0.15) is 0 Å². The van der Waals surface area contributed by atoms with Crippen LogP contribution in [0, 0.1) is 20.8 Å². The highest BCUT2D eigenvalue weighted by atomic mass is 16.6. The molecule has 0 saturated carbocycles. The Kier molecular flexibility index (Phi) is 5.21. The smallest absolute Gasteiger partial charge is 0.311 e. The Bertz CT molecular complexity index is 947. The maximum Gasteiger partial charge on any atom is 0.311 e. The van der Waals surface area contributed by atoms with E-state index < -0.39 is 0 Å². The zero-order chi connectivity index (χ0) is 18.7. The summed E-state index contributed by atoms with van der Waals surface area (Å²) < 4.78 is 12.8. The van der Waals surface area contributed by atoms with Crippen LogP contribution in [-0.2, 0) is 11.2 Å². The van der Waals surface area contributed by atoms with E-state index in [0.29, 0.717) is 24.5 Å². The Morgan fingerprint density at radius 1 is 1.15 bits per heavy atom. The van der Waals surface area contributed by atoms with Gasteiger partial charge in [0.25, 0.3) is 0 Å². The van der Waals surface area contributed by atoms with E-state index in [2.05, 4.69) is 10.1 Å². The molecule has 0 aliphatic carbocycles. The quantitative estimate of drug-likeness (QED) is 0.500. The molecule has 1 aromatic carbocycles. The van der Waals surface area contributed by atoms with Crippen molar-refractivity contribution < 1.29 is 14.3 Å². The number of aromatic nitrogens is 3. The Morgan fingerprint density at radius 2 is 1.88 bits per heavy atom. The van der Waals surface area contributed by atoms with E-state index in [4.69, 9.17) is 9.47 Å². The van der Waals surface area contributed by atoms with Gasteiger partial charge >= 0.3 is 5.97 Å². The van der Waals surface area contributed by atoms with Crippen LogP contribution in [0.2, 0.25) is 0 Å². The molecule has 0 N–H and O–H groups in total. The molecule has 6 heteroatoms. The maximum atomic E-state index is 12.3. The predicted octanol–water partition coefficient (Wildman–Crippen LogP) is 3.59. The number of para-hydroxylation sites is 2. The molecule has 2 heterocycles. The van der Waals surface area contributed by atoms with Gasteiger partial charge in [0.05, 0.1) is 18.7 Å². The second-order valence-corrected chi connectivity index (χ2v) is 6.17. The molecule has 0 fully saturated rings. The van der Waals surface area contributed by atoms with E-state index >= 15 is 0 Å². The van der Waals surface area contributed by atoms with Crippen LogP contribution >= 0.6 is 0 Å². The number of nitrogens with zero attached hydrogens (tertiary/aromatic N) is 3. The average molecular weight is 353 g/mol. The first kappa shape index (κ1) is 17.9. The van der Waals surface area contributed by atoms with E-state index in [9.17, 15) is 4.79 Å². The second kappa shape index (κ2) is 7.56. The first-order valence-corrected chi connectivity index (χ1v) is 8.74. The molecule has 0 radical (unpaired) electrons. The number of hydrogen-bond acceptors (Lipinski definition) is 5. The number of carbonyl (C=O) groups excluding carboxylic acids is 1. The van der Waals surface area contributed by atoms with Crippen LogP contribution in [0.15, 0.2) is 30.3 Å². The molecule has 0 amide bonds. The molecule has 3 rings (SSSR count). The van der Waals surface area contributed by atoms with Gasteiger partial charge in [-0.25, -0.2) is 9.50 Å². The van der Waals surface area contributed by atoms with Crippen LogP contribution in [-0.4, -0.2) is 27.2 Å². The van der Waals surface area contributed by atoms with E-state index in [-0.39, 0.29) is 12.4 Å². The lowest BCUT2D eigenvalue weighted by Crippen LogP contribution is -2.12. The summed E-state index contributed by atoms with van der Waals surface area (Å²) in [7, 11) is 0. The number of aryl methyl sites for hydroxylation is 3. The highest BCUT2D eigenvalue weighted by Crippen LogP contribution is 2.27. The van der Waals surface area contributed by atoms with Crippen LogP contribution in [0.4, 0.5) is 0 Å². The standard InChI is InChI=1S/C20H23N3O3/c1-5-25-17-8-6-7-9-18(17)26-20(24)11-10-16-14(3)21-19-12-13(2)22-23(19)15(16)4/h6-9,12H,5,10-11H2,1-4H3. The van der Waals surface area contributed by atoms with Crippen LogP contribution in [0.3, 0.4) is 0 Å². The molecule has 2 aromatic heterocycles. The van der Waals surface area contributed by atoms with Crippen molar-refractivity contribution in [1.82, 2.24) is 14.6 Å². The van der Waals surface area contributed by atoms with Crippen LogP contribution in [0.5, 0.6) is 11.5 Å². The third kappa shape index (κ3) is 3.69. The van der Waals surface area contributed by atoms with Crippen LogP contribution < -0.4 is 9.47 Å². The lowest BCUT2D eigenvalue weighted by molar-refractivity contribution is -0.134. The molecule has 3 aromatic rings. The second-order valence-electron chi connectivity index (χ2n) is 6.17. The Hall–Kier alpha value is -2.89. The van der Waals surface area contributed by atoms with Crippen molar-refractivity contribution >= 4 is 11.6 Å². The van der Waals surface area contributed by atoms with Crippen molar-refractivity contribution in [3.8, 4) is 11.5 Å². The Balaban J connectivity index is 1.73. The molecule has 0 atom stereocenters. The average Bonchev–Trinajstić information content (AvgIpc) is 2.97. The zero-order valence-corrected chi connectivity index (χ0v) is 15.6. The highest BCUT2D eigenvalue weighted by Gasteiger charge is 2.15. The van der Waals surface area contributed by atoms with Gasteiger partial charge in [0.2, 0.25) is 0 Å².